The molecule has 0 saturated heterocycles. The molecule has 1 N–H and O–H groups in total. The Bertz CT molecular complexity index is 868. The Kier molecular flexibility index (Phi) is 7.12. The summed E-state index contributed by atoms with van der Waals surface area (Å²) < 4.78 is 44.0. The summed E-state index contributed by atoms with van der Waals surface area (Å²) in [5, 5.41) is 2.17. The maximum Gasteiger partial charge on any atom is 0.418 e. The van der Waals surface area contributed by atoms with Crippen molar-refractivity contribution in [2.24, 2.45) is 0 Å². The fraction of sp³-hybridized carbons (Fsp3) is 0.300. The Morgan fingerprint density at radius 2 is 1.82 bits per heavy atom. The maximum absolute atomic E-state index is 13.0. The zero-order chi connectivity index (χ0) is 20.9. The third-order valence-electron chi connectivity index (χ3n) is 3.84. The zero-order valence-electron chi connectivity index (χ0n) is 15.6. The fourth-order valence-corrected chi connectivity index (χ4v) is 3.25. The number of nitrogens with one attached hydrogen (secondary N) is 1. The second-order valence-corrected chi connectivity index (χ2v) is 7.24. The summed E-state index contributed by atoms with van der Waals surface area (Å²) in [6.45, 7) is 5.20. The van der Waals surface area contributed by atoms with Gasteiger partial charge in [0, 0.05) is 4.90 Å². The Morgan fingerprint density at radius 3 is 2.46 bits per heavy atom. The van der Waals surface area contributed by atoms with Crippen molar-refractivity contribution < 1.29 is 27.5 Å². The van der Waals surface area contributed by atoms with Crippen molar-refractivity contribution in [1.29, 1.82) is 0 Å². The minimum Gasteiger partial charge on any atom is -0.452 e. The number of anilines is 1. The summed E-state index contributed by atoms with van der Waals surface area (Å²) in [5.41, 5.74) is 0.779. The summed E-state index contributed by atoms with van der Waals surface area (Å²) in [5.74, 6) is -1.47. The molecule has 150 valence electrons. The molecule has 0 aliphatic rings. The number of amides is 1. The first-order valence-electron chi connectivity index (χ1n) is 8.44. The monoisotopic (exact) mass is 411 g/mol. The van der Waals surface area contributed by atoms with E-state index in [0.29, 0.717) is 0 Å². The Morgan fingerprint density at radius 1 is 1.14 bits per heavy atom. The number of ether oxygens (including phenoxy) is 1. The molecule has 0 fully saturated rings. The largest absolute Gasteiger partial charge is 0.452 e. The predicted octanol–water partition coefficient (Wildman–Crippen LogP) is 4.98. The van der Waals surface area contributed by atoms with Crippen molar-refractivity contribution in [3.63, 3.8) is 0 Å². The van der Waals surface area contributed by atoms with E-state index in [4.69, 9.17) is 4.74 Å². The lowest BCUT2D eigenvalue weighted by molar-refractivity contribution is -0.150. The van der Waals surface area contributed by atoms with E-state index in [1.165, 1.54) is 30.8 Å². The van der Waals surface area contributed by atoms with Gasteiger partial charge in [-0.05, 0) is 44.5 Å². The lowest BCUT2D eigenvalue weighted by Crippen LogP contribution is -2.31. The summed E-state index contributed by atoms with van der Waals surface area (Å²) in [7, 11) is 0. The Balaban J connectivity index is 1.93. The van der Waals surface area contributed by atoms with Gasteiger partial charge in [0.1, 0.15) is 0 Å². The van der Waals surface area contributed by atoms with Crippen molar-refractivity contribution >= 4 is 29.3 Å². The maximum atomic E-state index is 13.0. The van der Waals surface area contributed by atoms with Gasteiger partial charge in [0.15, 0.2) is 6.10 Å². The topological polar surface area (TPSA) is 55.4 Å². The van der Waals surface area contributed by atoms with Crippen LogP contribution in [0.25, 0.3) is 0 Å². The van der Waals surface area contributed by atoms with Gasteiger partial charge in [-0.3, -0.25) is 9.59 Å². The molecule has 0 aliphatic heterocycles. The number of esters is 1. The molecular formula is C20H20F3NO3S. The van der Waals surface area contributed by atoms with Gasteiger partial charge < -0.3 is 10.1 Å². The molecule has 2 rings (SSSR count). The van der Waals surface area contributed by atoms with Crippen molar-refractivity contribution in [3.05, 3.63) is 59.2 Å². The van der Waals surface area contributed by atoms with Gasteiger partial charge in [0.2, 0.25) is 0 Å². The molecule has 4 nitrogen and oxygen atoms in total. The molecule has 0 saturated carbocycles. The Hall–Kier alpha value is -2.48. The predicted molar refractivity (Wildman–Crippen MR) is 102 cm³/mol. The molecule has 1 atom stereocenters. The highest BCUT2D eigenvalue weighted by Gasteiger charge is 2.34. The second-order valence-electron chi connectivity index (χ2n) is 6.22. The van der Waals surface area contributed by atoms with E-state index in [1.807, 2.05) is 32.0 Å². The highest BCUT2D eigenvalue weighted by atomic mass is 32.2. The minimum absolute atomic E-state index is 0.0132. The highest BCUT2D eigenvalue weighted by Crippen LogP contribution is 2.34. The molecule has 2 aromatic carbocycles. The number of benzene rings is 2. The van der Waals surface area contributed by atoms with Gasteiger partial charge in [-0.2, -0.15) is 13.2 Å². The lowest BCUT2D eigenvalue weighted by Gasteiger charge is -2.17. The quantitative estimate of drug-likeness (QED) is 0.538. The number of para-hydroxylation sites is 1. The number of hydrogen-bond acceptors (Lipinski definition) is 4. The zero-order valence-corrected chi connectivity index (χ0v) is 16.4. The van der Waals surface area contributed by atoms with Crippen LogP contribution in [0.4, 0.5) is 18.9 Å². The van der Waals surface area contributed by atoms with Crippen LogP contribution in [0, 0.1) is 13.8 Å². The molecule has 0 unspecified atom stereocenters. The molecule has 0 aromatic heterocycles. The van der Waals surface area contributed by atoms with Crippen LogP contribution in [0.1, 0.15) is 23.6 Å². The third-order valence-corrected chi connectivity index (χ3v) is 4.99. The standard InChI is InChI=1S/C20H20F3NO3S/c1-12-8-9-17(13(2)10-12)28-11-18(25)27-14(3)19(26)24-16-7-5-4-6-15(16)20(21,22)23/h4-10,14H,11H2,1-3H3,(H,24,26)/t14-/m1/s1. The second kappa shape index (κ2) is 9.14. The van der Waals surface area contributed by atoms with E-state index in [-0.39, 0.29) is 11.4 Å². The van der Waals surface area contributed by atoms with Crippen molar-refractivity contribution in [2.45, 2.75) is 37.9 Å². The Labute approximate surface area is 165 Å². The van der Waals surface area contributed by atoms with Gasteiger partial charge in [-0.1, -0.05) is 29.8 Å². The number of alkyl halides is 3. The molecule has 0 spiro atoms. The van der Waals surface area contributed by atoms with E-state index >= 15 is 0 Å². The lowest BCUT2D eigenvalue weighted by atomic mass is 10.1. The van der Waals surface area contributed by atoms with Gasteiger partial charge in [-0.15, -0.1) is 11.8 Å². The average Bonchev–Trinajstić information content (AvgIpc) is 2.60. The molecule has 2 aromatic rings. The average molecular weight is 411 g/mol. The number of carbonyl (C=O) groups is 2. The van der Waals surface area contributed by atoms with Gasteiger partial charge in [0.25, 0.3) is 5.91 Å². The van der Waals surface area contributed by atoms with Crippen LogP contribution in [0.2, 0.25) is 0 Å². The fourth-order valence-electron chi connectivity index (χ4n) is 2.46. The van der Waals surface area contributed by atoms with Crippen LogP contribution in [-0.4, -0.2) is 23.7 Å². The number of thioether (sulfide) groups is 1. The van der Waals surface area contributed by atoms with Crippen LogP contribution < -0.4 is 5.32 Å². The van der Waals surface area contributed by atoms with Gasteiger partial charge >= 0.3 is 12.1 Å². The van der Waals surface area contributed by atoms with Crippen LogP contribution in [0.15, 0.2) is 47.4 Å². The first-order valence-corrected chi connectivity index (χ1v) is 9.43. The number of carbonyl (C=O) groups excluding carboxylic acids is 2. The third kappa shape index (κ3) is 6.02. The summed E-state index contributed by atoms with van der Waals surface area (Å²) >= 11 is 1.27. The summed E-state index contributed by atoms with van der Waals surface area (Å²) in [6, 6.07) is 10.4. The van der Waals surface area contributed by atoms with E-state index in [2.05, 4.69) is 5.32 Å². The van der Waals surface area contributed by atoms with Gasteiger partial charge in [-0.25, -0.2) is 0 Å². The van der Waals surface area contributed by atoms with Gasteiger partial charge in [0.05, 0.1) is 17.0 Å². The van der Waals surface area contributed by atoms with Crippen LogP contribution >= 0.6 is 11.8 Å². The minimum atomic E-state index is -4.60. The van der Waals surface area contributed by atoms with Crippen molar-refractivity contribution in [1.82, 2.24) is 0 Å². The van der Waals surface area contributed by atoms with E-state index in [9.17, 15) is 22.8 Å². The molecule has 0 bridgehead atoms. The number of rotatable bonds is 6. The van der Waals surface area contributed by atoms with Crippen molar-refractivity contribution in [3.8, 4) is 0 Å². The first-order chi connectivity index (χ1) is 13.1. The van der Waals surface area contributed by atoms with E-state index in [0.717, 1.165) is 28.2 Å². The molecule has 0 radical (unpaired) electrons. The molecule has 28 heavy (non-hydrogen) atoms. The molecule has 8 heteroatoms. The smallest absolute Gasteiger partial charge is 0.418 e. The first kappa shape index (κ1) is 21.8. The highest BCUT2D eigenvalue weighted by molar-refractivity contribution is 8.00. The SMILES string of the molecule is Cc1ccc(SCC(=O)O[C@H](C)C(=O)Nc2ccccc2C(F)(F)F)c(C)c1. The summed E-state index contributed by atoms with van der Waals surface area (Å²) in [6.07, 6.45) is -5.83. The van der Waals surface area contributed by atoms with Crippen LogP contribution in [-0.2, 0) is 20.5 Å². The normalized spacial score (nSPS) is 12.4. The molecule has 0 aliphatic carbocycles. The van der Waals surface area contributed by atoms with Crippen LogP contribution in [0.5, 0.6) is 0 Å². The van der Waals surface area contributed by atoms with E-state index < -0.39 is 29.7 Å². The molecule has 1 amide bonds. The molecular weight excluding hydrogens is 391 g/mol. The molecule has 0 heterocycles. The summed E-state index contributed by atoms with van der Waals surface area (Å²) in [4.78, 5) is 25.0. The number of aryl methyl sites for hydroxylation is 2. The van der Waals surface area contributed by atoms with Crippen molar-refractivity contribution in [2.75, 3.05) is 11.1 Å². The van der Waals surface area contributed by atoms with Crippen LogP contribution in [0.3, 0.4) is 0 Å². The number of hydrogen-bond donors (Lipinski definition) is 1. The number of halogens is 3. The van der Waals surface area contributed by atoms with E-state index in [1.54, 1.807) is 0 Å².